The summed E-state index contributed by atoms with van der Waals surface area (Å²) in [5, 5.41) is 2.74. The van der Waals surface area contributed by atoms with Crippen molar-refractivity contribution < 1.29 is 23.7 Å². The third-order valence-corrected chi connectivity index (χ3v) is 2.79. The van der Waals surface area contributed by atoms with E-state index in [-0.39, 0.29) is 19.1 Å². The van der Waals surface area contributed by atoms with Gasteiger partial charge in [0.2, 0.25) is 12.7 Å². The Morgan fingerprint density at radius 2 is 2.05 bits per heavy atom. The van der Waals surface area contributed by atoms with Crippen LogP contribution in [0.5, 0.6) is 11.5 Å². The van der Waals surface area contributed by atoms with Crippen molar-refractivity contribution in [2.24, 2.45) is 0 Å². The summed E-state index contributed by atoms with van der Waals surface area (Å²) >= 11 is 0. The lowest BCUT2D eigenvalue weighted by atomic mass is 10.1. The number of nitrogens with one attached hydrogen (secondary N) is 1. The third-order valence-electron chi connectivity index (χ3n) is 2.79. The summed E-state index contributed by atoms with van der Waals surface area (Å²) in [6, 6.07) is 5.46. The van der Waals surface area contributed by atoms with Crippen LogP contribution in [0.15, 0.2) is 18.2 Å². The van der Waals surface area contributed by atoms with E-state index in [0.717, 1.165) is 5.56 Å². The highest BCUT2D eigenvalue weighted by atomic mass is 16.7. The molecule has 0 unspecified atom stereocenters. The Kier molecular flexibility index (Phi) is 4.59. The molecule has 6 heteroatoms. The zero-order valence-corrected chi connectivity index (χ0v) is 11.0. The quantitative estimate of drug-likeness (QED) is 0.768. The van der Waals surface area contributed by atoms with Gasteiger partial charge in [-0.25, -0.2) is 0 Å². The van der Waals surface area contributed by atoms with Gasteiger partial charge in [0.1, 0.15) is 0 Å². The first-order valence-corrected chi connectivity index (χ1v) is 5.93. The molecule has 1 aromatic rings. The Bertz CT molecular complexity index is 445. The molecule has 104 valence electrons. The molecule has 1 aliphatic rings. The lowest BCUT2D eigenvalue weighted by molar-refractivity contribution is -0.126. The monoisotopic (exact) mass is 267 g/mol. The first-order valence-electron chi connectivity index (χ1n) is 5.93. The van der Waals surface area contributed by atoms with E-state index in [4.69, 9.17) is 18.9 Å². The minimum Gasteiger partial charge on any atom is -0.454 e. The Balaban J connectivity index is 1.85. The first-order chi connectivity index (χ1) is 9.22. The molecule has 19 heavy (non-hydrogen) atoms. The van der Waals surface area contributed by atoms with Crippen LogP contribution in [0, 0.1) is 0 Å². The molecule has 1 heterocycles. The minimum absolute atomic E-state index is 0.0991. The maximum Gasteiger partial charge on any atom is 0.231 e. The van der Waals surface area contributed by atoms with E-state index in [1.54, 1.807) is 6.07 Å². The normalized spacial score (nSPS) is 12.8. The molecule has 2 rings (SSSR count). The predicted molar refractivity (Wildman–Crippen MR) is 67.1 cm³/mol. The van der Waals surface area contributed by atoms with Gasteiger partial charge in [-0.3, -0.25) is 4.79 Å². The van der Waals surface area contributed by atoms with Gasteiger partial charge in [0.25, 0.3) is 0 Å². The summed E-state index contributed by atoms with van der Waals surface area (Å²) in [4.78, 5) is 11.8. The van der Waals surface area contributed by atoms with E-state index in [9.17, 15) is 4.79 Å². The third kappa shape index (κ3) is 3.59. The van der Waals surface area contributed by atoms with Gasteiger partial charge in [0, 0.05) is 14.2 Å². The largest absolute Gasteiger partial charge is 0.454 e. The van der Waals surface area contributed by atoms with Crippen molar-refractivity contribution in [1.29, 1.82) is 0 Å². The van der Waals surface area contributed by atoms with Gasteiger partial charge in [-0.15, -0.1) is 0 Å². The number of benzene rings is 1. The number of hydrogen-bond acceptors (Lipinski definition) is 5. The van der Waals surface area contributed by atoms with Gasteiger partial charge in [-0.05, 0) is 17.7 Å². The number of rotatable bonds is 6. The van der Waals surface area contributed by atoms with Crippen LogP contribution in [0.2, 0.25) is 0 Å². The molecular formula is C13H17NO5. The van der Waals surface area contributed by atoms with Crippen LogP contribution >= 0.6 is 0 Å². The molecular weight excluding hydrogens is 250 g/mol. The SMILES string of the molecule is COC(CNC(=O)Cc1ccc2c(c1)OCO2)OC. The second-order valence-electron chi connectivity index (χ2n) is 4.07. The molecule has 0 saturated carbocycles. The molecule has 1 aliphatic heterocycles. The van der Waals surface area contributed by atoms with Crippen LogP contribution in [0.1, 0.15) is 5.56 Å². The molecule has 0 aliphatic carbocycles. The lowest BCUT2D eigenvalue weighted by Gasteiger charge is -2.14. The predicted octanol–water partition coefficient (Wildman–Crippen LogP) is 0.693. The number of ether oxygens (including phenoxy) is 4. The highest BCUT2D eigenvalue weighted by Crippen LogP contribution is 2.32. The summed E-state index contributed by atoms with van der Waals surface area (Å²) in [6.45, 7) is 0.546. The van der Waals surface area contributed by atoms with Gasteiger partial charge in [-0.1, -0.05) is 6.07 Å². The lowest BCUT2D eigenvalue weighted by Crippen LogP contribution is -2.34. The van der Waals surface area contributed by atoms with Gasteiger partial charge >= 0.3 is 0 Å². The smallest absolute Gasteiger partial charge is 0.231 e. The van der Waals surface area contributed by atoms with Crippen LogP contribution < -0.4 is 14.8 Å². The number of methoxy groups -OCH3 is 2. The molecule has 1 N–H and O–H groups in total. The Morgan fingerprint density at radius 3 is 2.79 bits per heavy atom. The van der Waals surface area contributed by atoms with Crippen molar-refractivity contribution in [3.63, 3.8) is 0 Å². The van der Waals surface area contributed by atoms with Crippen molar-refractivity contribution >= 4 is 5.91 Å². The van der Waals surface area contributed by atoms with Gasteiger partial charge in [0.05, 0.1) is 13.0 Å². The van der Waals surface area contributed by atoms with Crippen LogP contribution in [0.25, 0.3) is 0 Å². The Hall–Kier alpha value is -1.79. The molecule has 1 aromatic carbocycles. The number of hydrogen-bond donors (Lipinski definition) is 1. The summed E-state index contributed by atoms with van der Waals surface area (Å²) in [7, 11) is 3.05. The number of carbonyl (C=O) groups is 1. The topological polar surface area (TPSA) is 66.0 Å². The average Bonchev–Trinajstić information content (AvgIpc) is 2.87. The molecule has 0 aromatic heterocycles. The van der Waals surface area contributed by atoms with E-state index in [1.165, 1.54) is 14.2 Å². The summed E-state index contributed by atoms with van der Waals surface area (Å²) in [6.07, 6.45) is -0.155. The van der Waals surface area contributed by atoms with E-state index >= 15 is 0 Å². The molecule has 0 bridgehead atoms. The second kappa shape index (κ2) is 6.40. The van der Waals surface area contributed by atoms with Gasteiger partial charge in [0.15, 0.2) is 17.8 Å². The summed E-state index contributed by atoms with van der Waals surface area (Å²) in [5.41, 5.74) is 0.869. The highest BCUT2D eigenvalue weighted by molar-refractivity contribution is 5.78. The zero-order valence-electron chi connectivity index (χ0n) is 11.0. The number of fused-ring (bicyclic) bond motifs is 1. The molecule has 0 saturated heterocycles. The standard InChI is InChI=1S/C13H17NO5/c1-16-13(17-2)7-14-12(15)6-9-3-4-10-11(5-9)19-8-18-10/h3-5,13H,6-8H2,1-2H3,(H,14,15). The fourth-order valence-electron chi connectivity index (χ4n) is 1.76. The molecule has 0 spiro atoms. The van der Waals surface area contributed by atoms with E-state index < -0.39 is 6.29 Å². The van der Waals surface area contributed by atoms with Crippen molar-refractivity contribution in [3.8, 4) is 11.5 Å². The minimum atomic E-state index is -0.430. The fourth-order valence-corrected chi connectivity index (χ4v) is 1.76. The zero-order chi connectivity index (χ0) is 13.7. The van der Waals surface area contributed by atoms with Crippen molar-refractivity contribution in [2.75, 3.05) is 27.6 Å². The second-order valence-corrected chi connectivity index (χ2v) is 4.07. The van der Waals surface area contributed by atoms with Crippen LogP contribution in [0.3, 0.4) is 0 Å². The fraction of sp³-hybridized carbons (Fsp3) is 0.462. The van der Waals surface area contributed by atoms with E-state index in [0.29, 0.717) is 18.0 Å². The maximum absolute atomic E-state index is 11.8. The van der Waals surface area contributed by atoms with Crippen LogP contribution in [-0.4, -0.2) is 39.8 Å². The Morgan fingerprint density at radius 1 is 1.32 bits per heavy atom. The molecule has 1 amide bonds. The Labute approximate surface area is 111 Å². The van der Waals surface area contributed by atoms with Crippen LogP contribution in [-0.2, 0) is 20.7 Å². The summed E-state index contributed by atoms with van der Waals surface area (Å²) in [5.74, 6) is 1.29. The van der Waals surface area contributed by atoms with E-state index in [1.807, 2.05) is 12.1 Å². The van der Waals surface area contributed by atoms with Crippen molar-refractivity contribution in [2.45, 2.75) is 12.7 Å². The molecule has 0 atom stereocenters. The number of carbonyl (C=O) groups excluding carboxylic acids is 1. The van der Waals surface area contributed by atoms with Crippen molar-refractivity contribution in [1.82, 2.24) is 5.32 Å². The van der Waals surface area contributed by atoms with Gasteiger partial charge < -0.3 is 24.3 Å². The highest BCUT2D eigenvalue weighted by Gasteiger charge is 2.15. The molecule has 0 fully saturated rings. The van der Waals surface area contributed by atoms with Gasteiger partial charge in [-0.2, -0.15) is 0 Å². The molecule has 6 nitrogen and oxygen atoms in total. The van der Waals surface area contributed by atoms with E-state index in [2.05, 4.69) is 5.32 Å². The van der Waals surface area contributed by atoms with Crippen LogP contribution in [0.4, 0.5) is 0 Å². The number of amides is 1. The maximum atomic E-state index is 11.8. The molecule has 0 radical (unpaired) electrons. The summed E-state index contributed by atoms with van der Waals surface area (Å²) < 4.78 is 20.4. The first kappa shape index (κ1) is 13.6. The average molecular weight is 267 g/mol. The van der Waals surface area contributed by atoms with Crippen molar-refractivity contribution in [3.05, 3.63) is 23.8 Å².